The summed E-state index contributed by atoms with van der Waals surface area (Å²) in [5.74, 6) is -0.135. The van der Waals surface area contributed by atoms with Crippen molar-refractivity contribution in [1.29, 1.82) is 0 Å². The molecule has 2 heterocycles. The lowest BCUT2D eigenvalue weighted by molar-refractivity contribution is 0.0979. The SMILES string of the molecule is CCCn1nc(C(=O)N2CCCCc3ccccc32)ccc1=O. The summed E-state index contributed by atoms with van der Waals surface area (Å²) in [6.07, 6.45) is 3.83. The maximum atomic E-state index is 12.9. The molecule has 5 nitrogen and oxygen atoms in total. The number of hydrogen-bond donors (Lipinski definition) is 0. The molecule has 0 bridgehead atoms. The Labute approximate surface area is 135 Å². The number of benzene rings is 1. The predicted octanol–water partition coefficient (Wildman–Crippen LogP) is 2.64. The zero-order valence-corrected chi connectivity index (χ0v) is 13.4. The zero-order chi connectivity index (χ0) is 16.2. The highest BCUT2D eigenvalue weighted by molar-refractivity contribution is 6.05. The average molecular weight is 311 g/mol. The highest BCUT2D eigenvalue weighted by Gasteiger charge is 2.23. The molecule has 0 saturated carbocycles. The van der Waals surface area contributed by atoms with E-state index in [4.69, 9.17) is 0 Å². The quantitative estimate of drug-likeness (QED) is 0.875. The van der Waals surface area contributed by atoms with Crippen molar-refractivity contribution in [2.75, 3.05) is 11.4 Å². The number of aromatic nitrogens is 2. The number of fused-ring (bicyclic) bond motifs is 1. The van der Waals surface area contributed by atoms with E-state index >= 15 is 0 Å². The van der Waals surface area contributed by atoms with E-state index in [2.05, 4.69) is 11.2 Å². The van der Waals surface area contributed by atoms with Crippen LogP contribution in [0.1, 0.15) is 42.2 Å². The molecule has 1 aliphatic rings. The van der Waals surface area contributed by atoms with Gasteiger partial charge in [0.15, 0.2) is 0 Å². The normalized spacial score (nSPS) is 14.2. The molecule has 1 aromatic heterocycles. The third kappa shape index (κ3) is 3.18. The van der Waals surface area contributed by atoms with Gasteiger partial charge in [0, 0.05) is 24.8 Å². The summed E-state index contributed by atoms with van der Waals surface area (Å²) < 4.78 is 1.37. The lowest BCUT2D eigenvalue weighted by Crippen LogP contribution is -2.34. The van der Waals surface area contributed by atoms with Crippen LogP contribution in [0.4, 0.5) is 5.69 Å². The van der Waals surface area contributed by atoms with Crippen molar-refractivity contribution in [1.82, 2.24) is 9.78 Å². The van der Waals surface area contributed by atoms with Crippen LogP contribution in [0.5, 0.6) is 0 Å². The second kappa shape index (κ2) is 6.77. The molecule has 0 atom stereocenters. The lowest BCUT2D eigenvalue weighted by Gasteiger charge is -2.22. The predicted molar refractivity (Wildman–Crippen MR) is 89.8 cm³/mol. The van der Waals surface area contributed by atoms with Gasteiger partial charge in [-0.3, -0.25) is 9.59 Å². The molecule has 5 heteroatoms. The fourth-order valence-electron chi connectivity index (χ4n) is 2.98. The van der Waals surface area contributed by atoms with Crippen LogP contribution in [-0.2, 0) is 13.0 Å². The number of carbonyl (C=O) groups excluding carboxylic acids is 1. The molecule has 120 valence electrons. The maximum absolute atomic E-state index is 12.9. The molecule has 1 aromatic carbocycles. The summed E-state index contributed by atoms with van der Waals surface area (Å²) in [6, 6.07) is 11.0. The first-order valence-corrected chi connectivity index (χ1v) is 8.18. The number of carbonyl (C=O) groups is 1. The number of rotatable bonds is 3. The molecule has 1 amide bonds. The zero-order valence-electron chi connectivity index (χ0n) is 13.4. The van der Waals surface area contributed by atoms with E-state index in [9.17, 15) is 9.59 Å². The number of nitrogens with zero attached hydrogens (tertiary/aromatic N) is 3. The molecule has 2 aromatic rings. The Balaban J connectivity index is 1.97. The molecular weight excluding hydrogens is 290 g/mol. The highest BCUT2D eigenvalue weighted by atomic mass is 16.2. The Morgan fingerprint density at radius 3 is 2.83 bits per heavy atom. The van der Waals surface area contributed by atoms with Crippen molar-refractivity contribution >= 4 is 11.6 Å². The lowest BCUT2D eigenvalue weighted by atomic mass is 10.1. The Hall–Kier alpha value is -2.43. The van der Waals surface area contributed by atoms with Crippen LogP contribution in [0.25, 0.3) is 0 Å². The van der Waals surface area contributed by atoms with Crippen LogP contribution in [0, 0.1) is 0 Å². The van der Waals surface area contributed by atoms with Gasteiger partial charge in [-0.05, 0) is 43.4 Å². The second-order valence-electron chi connectivity index (χ2n) is 5.82. The van der Waals surface area contributed by atoms with Crippen molar-refractivity contribution in [2.45, 2.75) is 39.2 Å². The Bertz CT molecular complexity index is 767. The third-order valence-electron chi connectivity index (χ3n) is 4.13. The van der Waals surface area contributed by atoms with Crippen LogP contribution in [0.2, 0.25) is 0 Å². The first-order chi connectivity index (χ1) is 11.2. The fourth-order valence-corrected chi connectivity index (χ4v) is 2.98. The Morgan fingerprint density at radius 2 is 2.00 bits per heavy atom. The van der Waals surface area contributed by atoms with Crippen molar-refractivity contribution in [2.24, 2.45) is 0 Å². The summed E-state index contributed by atoms with van der Waals surface area (Å²) >= 11 is 0. The van der Waals surface area contributed by atoms with Gasteiger partial charge < -0.3 is 4.90 Å². The molecular formula is C18H21N3O2. The fraction of sp³-hybridized carbons (Fsp3) is 0.389. The van der Waals surface area contributed by atoms with Crippen molar-refractivity contribution in [3.05, 3.63) is 58.0 Å². The smallest absolute Gasteiger partial charge is 0.278 e. The molecule has 0 unspecified atom stereocenters. The summed E-state index contributed by atoms with van der Waals surface area (Å²) in [7, 11) is 0. The number of aryl methyl sites for hydroxylation is 2. The van der Waals surface area contributed by atoms with Gasteiger partial charge in [0.2, 0.25) is 0 Å². The Kier molecular flexibility index (Phi) is 4.55. The number of hydrogen-bond acceptors (Lipinski definition) is 3. The van der Waals surface area contributed by atoms with Gasteiger partial charge >= 0.3 is 0 Å². The molecule has 1 aliphatic heterocycles. The topological polar surface area (TPSA) is 55.2 Å². The highest BCUT2D eigenvalue weighted by Crippen LogP contribution is 2.27. The van der Waals surface area contributed by atoms with Crippen LogP contribution in [0.15, 0.2) is 41.2 Å². The van der Waals surface area contributed by atoms with Gasteiger partial charge in [-0.2, -0.15) is 5.10 Å². The molecule has 0 aliphatic carbocycles. The first-order valence-electron chi connectivity index (χ1n) is 8.18. The monoisotopic (exact) mass is 311 g/mol. The van der Waals surface area contributed by atoms with Crippen LogP contribution >= 0.6 is 0 Å². The van der Waals surface area contributed by atoms with Gasteiger partial charge in [-0.15, -0.1) is 0 Å². The van der Waals surface area contributed by atoms with Gasteiger partial charge in [0.1, 0.15) is 5.69 Å². The minimum Gasteiger partial charge on any atom is -0.307 e. The van der Waals surface area contributed by atoms with Crippen LogP contribution in [-0.4, -0.2) is 22.2 Å². The van der Waals surface area contributed by atoms with E-state index in [1.54, 1.807) is 4.90 Å². The Morgan fingerprint density at radius 1 is 1.17 bits per heavy atom. The molecule has 0 N–H and O–H groups in total. The van der Waals surface area contributed by atoms with Crippen molar-refractivity contribution in [3.63, 3.8) is 0 Å². The van der Waals surface area contributed by atoms with Gasteiger partial charge in [0.25, 0.3) is 11.5 Å². The number of anilines is 1. The largest absolute Gasteiger partial charge is 0.307 e. The molecule has 0 fully saturated rings. The minimum absolute atomic E-state index is 0.135. The van der Waals surface area contributed by atoms with Gasteiger partial charge in [-0.1, -0.05) is 25.1 Å². The molecule has 0 radical (unpaired) electrons. The van der Waals surface area contributed by atoms with E-state index in [0.717, 1.165) is 31.4 Å². The second-order valence-corrected chi connectivity index (χ2v) is 5.82. The van der Waals surface area contributed by atoms with E-state index < -0.39 is 0 Å². The van der Waals surface area contributed by atoms with E-state index in [1.165, 1.54) is 22.4 Å². The van der Waals surface area contributed by atoms with E-state index in [0.29, 0.717) is 18.8 Å². The average Bonchev–Trinajstić information content (AvgIpc) is 2.79. The summed E-state index contributed by atoms with van der Waals surface area (Å²) in [6.45, 7) is 3.19. The molecule has 0 spiro atoms. The van der Waals surface area contributed by atoms with Crippen LogP contribution in [0.3, 0.4) is 0 Å². The first kappa shape index (κ1) is 15.5. The summed E-state index contributed by atoms with van der Waals surface area (Å²) in [5.41, 5.74) is 2.32. The molecule has 3 rings (SSSR count). The van der Waals surface area contributed by atoms with E-state index in [1.807, 2.05) is 25.1 Å². The van der Waals surface area contributed by atoms with Gasteiger partial charge in [-0.25, -0.2) is 4.68 Å². The van der Waals surface area contributed by atoms with E-state index in [-0.39, 0.29) is 11.5 Å². The summed E-state index contributed by atoms with van der Waals surface area (Å²) in [4.78, 5) is 26.5. The molecule has 23 heavy (non-hydrogen) atoms. The van der Waals surface area contributed by atoms with Crippen molar-refractivity contribution in [3.8, 4) is 0 Å². The minimum atomic E-state index is -0.167. The third-order valence-corrected chi connectivity index (χ3v) is 4.13. The maximum Gasteiger partial charge on any atom is 0.278 e. The number of para-hydroxylation sites is 1. The number of amides is 1. The summed E-state index contributed by atoms with van der Waals surface area (Å²) in [5, 5.41) is 4.25. The molecule has 0 saturated heterocycles. The van der Waals surface area contributed by atoms with Crippen molar-refractivity contribution < 1.29 is 4.79 Å². The van der Waals surface area contributed by atoms with Gasteiger partial charge in [0.05, 0.1) is 0 Å². The standard InChI is InChI=1S/C18H21N3O2/c1-2-12-21-17(22)11-10-15(19-21)18(23)20-13-6-5-8-14-7-3-4-9-16(14)20/h3-4,7,9-11H,2,5-6,8,12-13H2,1H3. The van der Waals surface area contributed by atoms with Crippen LogP contribution < -0.4 is 10.5 Å².